The van der Waals surface area contributed by atoms with E-state index in [9.17, 15) is 15.3 Å². The van der Waals surface area contributed by atoms with Crippen LogP contribution in [0.25, 0.3) is 0 Å². The van der Waals surface area contributed by atoms with Crippen LogP contribution in [0.1, 0.15) is 20.8 Å². The summed E-state index contributed by atoms with van der Waals surface area (Å²) in [5, 5.41) is 54.1. The Hall–Kier alpha value is -0.480. The van der Waals surface area contributed by atoms with Gasteiger partial charge >= 0.3 is 0 Å². The smallest absolute Gasteiger partial charge is 0.0622 e. The lowest BCUT2D eigenvalue weighted by Crippen LogP contribution is -2.69. The summed E-state index contributed by atoms with van der Waals surface area (Å²) in [7, 11) is 0. The molecule has 0 aliphatic carbocycles. The summed E-state index contributed by atoms with van der Waals surface area (Å²) >= 11 is 0. The summed E-state index contributed by atoms with van der Waals surface area (Å²) in [5.74, 6) is 0. The van der Waals surface area contributed by atoms with Crippen LogP contribution in [0.4, 0.5) is 0 Å². The molecular formula is C21H48N6O6. The van der Waals surface area contributed by atoms with Gasteiger partial charge in [-0.15, -0.1) is 0 Å². The van der Waals surface area contributed by atoms with Gasteiger partial charge in [-0.2, -0.15) is 0 Å². The molecule has 0 aromatic rings. The third-order valence-corrected chi connectivity index (χ3v) is 6.40. The fourth-order valence-electron chi connectivity index (χ4n) is 4.81. The molecule has 0 spiro atoms. The van der Waals surface area contributed by atoms with Crippen molar-refractivity contribution in [3.63, 3.8) is 0 Å². The summed E-state index contributed by atoms with van der Waals surface area (Å²) in [6.45, 7) is 13.0. The monoisotopic (exact) mass is 480 g/mol. The number of rotatable bonds is 12. The minimum Gasteiger partial charge on any atom is -0.395 e. The summed E-state index contributed by atoms with van der Waals surface area (Å²) in [4.78, 5) is 12.8. The number of hydrogen-bond acceptors (Lipinski definition) is 12. The van der Waals surface area contributed by atoms with Crippen molar-refractivity contribution in [1.82, 2.24) is 29.4 Å². The summed E-state index contributed by atoms with van der Waals surface area (Å²) < 4.78 is 0. The van der Waals surface area contributed by atoms with Gasteiger partial charge in [0.15, 0.2) is 0 Å². The van der Waals surface area contributed by atoms with E-state index in [1.165, 1.54) is 0 Å². The fraction of sp³-hybridized carbons (Fsp3) is 1.00. The Bertz CT molecular complexity index is 412. The highest BCUT2D eigenvalue weighted by molar-refractivity contribution is 4.86. The van der Waals surface area contributed by atoms with Gasteiger partial charge in [0, 0.05) is 39.3 Å². The highest BCUT2D eigenvalue weighted by Crippen LogP contribution is 2.24. The van der Waals surface area contributed by atoms with E-state index in [2.05, 4.69) is 50.2 Å². The van der Waals surface area contributed by atoms with Crippen LogP contribution in [0.15, 0.2) is 0 Å². The zero-order valence-electron chi connectivity index (χ0n) is 20.7. The predicted octanol–water partition coefficient (Wildman–Crippen LogP) is -3.32. The second-order valence-corrected chi connectivity index (χ2v) is 8.56. The van der Waals surface area contributed by atoms with Gasteiger partial charge in [0.25, 0.3) is 0 Å². The molecule has 0 amide bonds. The summed E-state index contributed by atoms with van der Waals surface area (Å²) in [5.41, 5.74) is 0. The number of nitrogens with zero attached hydrogens (tertiary/aromatic N) is 6. The molecule has 0 bridgehead atoms. The first-order chi connectivity index (χ1) is 15.9. The molecule has 0 saturated carbocycles. The van der Waals surface area contributed by atoms with E-state index in [1.54, 1.807) is 0 Å². The second-order valence-electron chi connectivity index (χ2n) is 8.56. The van der Waals surface area contributed by atoms with Crippen LogP contribution in [0.5, 0.6) is 0 Å². The van der Waals surface area contributed by atoms with E-state index in [1.807, 2.05) is 0 Å². The molecule has 2 rings (SSSR count). The molecule has 2 saturated heterocycles. The van der Waals surface area contributed by atoms with Crippen molar-refractivity contribution < 1.29 is 30.6 Å². The molecule has 33 heavy (non-hydrogen) atoms. The standard InChI is InChI=1S/C12H27N3O3.C9H21N3O3/c1-10-13(4-7-16)11(2)15(6-9-18)12(3)14(10)5-8-17;13-4-1-10-7-11(2-5-14)9-12(8-10)3-6-15/h10-12,16-18H,4-9H2,1-3H3;13-15H,1-9H2. The Morgan fingerprint density at radius 3 is 0.818 bits per heavy atom. The number of β-amino-alcohol motifs (C(OH)–C–C–N with tert-alkyl or cyclic N) is 6. The zero-order chi connectivity index (χ0) is 24.8. The third kappa shape index (κ3) is 9.59. The van der Waals surface area contributed by atoms with E-state index in [0.717, 1.165) is 20.0 Å². The molecule has 12 nitrogen and oxygen atoms in total. The fourth-order valence-corrected chi connectivity index (χ4v) is 4.81. The molecule has 0 unspecified atom stereocenters. The van der Waals surface area contributed by atoms with Crippen molar-refractivity contribution in [3.8, 4) is 0 Å². The summed E-state index contributed by atoms with van der Waals surface area (Å²) in [6.07, 6.45) is 0.512. The van der Waals surface area contributed by atoms with Gasteiger partial charge < -0.3 is 30.6 Å². The Kier molecular flexibility index (Phi) is 15.8. The SMILES string of the molecule is CC1N(CCO)C(C)N(CCO)C(C)N1CCO.OCCN1CN(CCO)CN(CCO)C1. The Labute approximate surface area is 198 Å². The molecule has 2 aliphatic rings. The van der Waals surface area contributed by atoms with Gasteiger partial charge in [-0.1, -0.05) is 0 Å². The van der Waals surface area contributed by atoms with Crippen LogP contribution in [0.2, 0.25) is 0 Å². The van der Waals surface area contributed by atoms with Crippen LogP contribution in [0.3, 0.4) is 0 Å². The number of aliphatic hydroxyl groups excluding tert-OH is 6. The normalized spacial score (nSPS) is 27.0. The van der Waals surface area contributed by atoms with Gasteiger partial charge in [-0.3, -0.25) is 29.4 Å². The van der Waals surface area contributed by atoms with Crippen molar-refractivity contribution in [2.45, 2.75) is 39.3 Å². The number of hydrogen-bond donors (Lipinski definition) is 6. The average Bonchev–Trinajstić information content (AvgIpc) is 2.78. The van der Waals surface area contributed by atoms with Gasteiger partial charge in [0.05, 0.1) is 78.1 Å². The minimum absolute atomic E-state index is 0.114. The van der Waals surface area contributed by atoms with E-state index in [4.69, 9.17) is 15.3 Å². The highest BCUT2D eigenvalue weighted by Gasteiger charge is 2.39. The van der Waals surface area contributed by atoms with Crippen molar-refractivity contribution in [2.24, 2.45) is 0 Å². The molecule has 6 N–H and O–H groups in total. The molecule has 2 aliphatic heterocycles. The highest BCUT2D eigenvalue weighted by atomic mass is 16.3. The topological polar surface area (TPSA) is 141 Å². The second kappa shape index (κ2) is 17.0. The molecular weight excluding hydrogens is 432 g/mol. The Morgan fingerprint density at radius 1 is 0.424 bits per heavy atom. The lowest BCUT2D eigenvalue weighted by molar-refractivity contribution is -0.164. The first-order valence-corrected chi connectivity index (χ1v) is 12.0. The van der Waals surface area contributed by atoms with Crippen LogP contribution in [-0.4, -0.2) is 177 Å². The third-order valence-electron chi connectivity index (χ3n) is 6.40. The summed E-state index contributed by atoms with van der Waals surface area (Å²) in [6, 6.07) is 0. The van der Waals surface area contributed by atoms with Gasteiger partial charge in [0.2, 0.25) is 0 Å². The Balaban J connectivity index is 0.000000335. The van der Waals surface area contributed by atoms with Crippen molar-refractivity contribution in [2.75, 3.05) is 98.9 Å². The molecule has 2 fully saturated rings. The van der Waals surface area contributed by atoms with E-state index >= 15 is 0 Å². The lowest BCUT2D eigenvalue weighted by Gasteiger charge is -2.55. The predicted molar refractivity (Wildman–Crippen MR) is 126 cm³/mol. The van der Waals surface area contributed by atoms with Gasteiger partial charge in [-0.05, 0) is 20.8 Å². The maximum atomic E-state index is 9.17. The van der Waals surface area contributed by atoms with Crippen LogP contribution < -0.4 is 0 Å². The van der Waals surface area contributed by atoms with E-state index < -0.39 is 0 Å². The molecule has 12 heteroatoms. The van der Waals surface area contributed by atoms with Gasteiger partial charge in [-0.25, -0.2) is 0 Å². The first kappa shape index (κ1) is 30.6. The number of aliphatic hydroxyl groups is 6. The molecule has 198 valence electrons. The maximum Gasteiger partial charge on any atom is 0.0622 e. The minimum atomic E-state index is 0.114. The largest absolute Gasteiger partial charge is 0.395 e. The maximum absolute atomic E-state index is 9.17. The lowest BCUT2D eigenvalue weighted by atomic mass is 10.2. The Morgan fingerprint density at radius 2 is 0.636 bits per heavy atom. The van der Waals surface area contributed by atoms with E-state index in [0.29, 0.717) is 39.3 Å². The van der Waals surface area contributed by atoms with Gasteiger partial charge in [0.1, 0.15) is 0 Å². The van der Waals surface area contributed by atoms with E-state index in [-0.39, 0.29) is 58.1 Å². The molecule has 2 heterocycles. The first-order valence-electron chi connectivity index (χ1n) is 12.0. The average molecular weight is 481 g/mol. The molecule has 0 aromatic carbocycles. The van der Waals surface area contributed by atoms with Crippen molar-refractivity contribution >= 4 is 0 Å². The molecule has 0 atom stereocenters. The zero-order valence-corrected chi connectivity index (χ0v) is 20.7. The van der Waals surface area contributed by atoms with Crippen molar-refractivity contribution in [1.29, 1.82) is 0 Å². The van der Waals surface area contributed by atoms with Crippen LogP contribution in [0, 0.1) is 0 Å². The molecule has 0 radical (unpaired) electrons. The molecule has 0 aromatic heterocycles. The van der Waals surface area contributed by atoms with Crippen LogP contribution in [-0.2, 0) is 0 Å². The van der Waals surface area contributed by atoms with Crippen LogP contribution >= 0.6 is 0 Å². The quantitative estimate of drug-likeness (QED) is 0.166. The van der Waals surface area contributed by atoms with Crippen molar-refractivity contribution in [3.05, 3.63) is 0 Å².